The summed E-state index contributed by atoms with van der Waals surface area (Å²) < 4.78 is 7.87. The highest BCUT2D eigenvalue weighted by molar-refractivity contribution is 6.30. The number of aromatic nitrogens is 2. The standard InChI is InChI=1S/C31H38ClN3O/c1-5-9-23(10-6-2)30-27(11-7-3)28(8-4)35(26-15-13-25(32)14-16-26)31(30)24-12-17-29(33-22-24)34-18-20-36-21-19-34/h7-8,11-17,22-23H,4-6,9-10,18-21H2,1-3H3/b11-7-. The average Bonchev–Trinajstić information content (AvgIpc) is 3.23. The van der Waals surface area contributed by atoms with Crippen LogP contribution in [0.25, 0.3) is 29.1 Å². The monoisotopic (exact) mass is 503 g/mol. The molecule has 0 N–H and O–H groups in total. The van der Waals surface area contributed by atoms with Gasteiger partial charge in [-0.25, -0.2) is 4.98 Å². The van der Waals surface area contributed by atoms with Crippen molar-refractivity contribution in [3.63, 3.8) is 0 Å². The number of rotatable bonds is 10. The minimum atomic E-state index is 0.451. The van der Waals surface area contributed by atoms with Gasteiger partial charge in [0.1, 0.15) is 5.82 Å². The molecular formula is C31H38ClN3O. The summed E-state index contributed by atoms with van der Waals surface area (Å²) in [4.78, 5) is 7.22. The fraction of sp³-hybridized carbons (Fsp3) is 0.387. The molecule has 0 atom stereocenters. The minimum absolute atomic E-state index is 0.451. The Hall–Kier alpha value is -2.82. The topological polar surface area (TPSA) is 30.3 Å². The fourth-order valence-electron chi connectivity index (χ4n) is 5.36. The molecule has 0 saturated carbocycles. The van der Waals surface area contributed by atoms with Gasteiger partial charge in [0.15, 0.2) is 0 Å². The second-order valence-electron chi connectivity index (χ2n) is 9.36. The Bertz CT molecular complexity index is 1170. The summed E-state index contributed by atoms with van der Waals surface area (Å²) in [6, 6.07) is 12.5. The van der Waals surface area contributed by atoms with Gasteiger partial charge in [-0.1, -0.05) is 57.0 Å². The lowest BCUT2D eigenvalue weighted by molar-refractivity contribution is 0.122. The van der Waals surface area contributed by atoms with Gasteiger partial charge in [0, 0.05) is 41.1 Å². The summed E-state index contributed by atoms with van der Waals surface area (Å²) in [5.74, 6) is 1.46. The lowest BCUT2D eigenvalue weighted by Gasteiger charge is -2.28. The molecule has 3 aromatic rings. The first-order valence-corrected chi connectivity index (χ1v) is 13.6. The molecule has 2 aromatic heterocycles. The molecule has 5 heteroatoms. The zero-order chi connectivity index (χ0) is 25.5. The number of morpholine rings is 1. The zero-order valence-electron chi connectivity index (χ0n) is 21.8. The van der Waals surface area contributed by atoms with Crippen LogP contribution in [0.2, 0.25) is 5.02 Å². The van der Waals surface area contributed by atoms with E-state index in [1.807, 2.05) is 24.4 Å². The van der Waals surface area contributed by atoms with E-state index in [1.54, 1.807) is 0 Å². The SMILES string of the molecule is C=Cc1c(/C=C\C)c(C(CCC)CCC)c(-c2ccc(N3CCOCC3)nc2)n1-c1ccc(Cl)cc1. The molecule has 36 heavy (non-hydrogen) atoms. The summed E-state index contributed by atoms with van der Waals surface area (Å²) >= 11 is 6.28. The molecule has 1 fully saturated rings. The van der Waals surface area contributed by atoms with Crippen LogP contribution in [0.15, 0.2) is 55.3 Å². The molecule has 4 nitrogen and oxygen atoms in total. The highest BCUT2D eigenvalue weighted by atomic mass is 35.5. The van der Waals surface area contributed by atoms with Crippen LogP contribution in [0.5, 0.6) is 0 Å². The van der Waals surface area contributed by atoms with Crippen molar-refractivity contribution in [2.75, 3.05) is 31.2 Å². The van der Waals surface area contributed by atoms with Crippen molar-refractivity contribution >= 4 is 29.6 Å². The largest absolute Gasteiger partial charge is 0.378 e. The van der Waals surface area contributed by atoms with Gasteiger partial charge in [-0.3, -0.25) is 0 Å². The van der Waals surface area contributed by atoms with Crippen LogP contribution in [0.3, 0.4) is 0 Å². The molecule has 1 aliphatic heterocycles. The molecule has 0 amide bonds. The third-order valence-electron chi connectivity index (χ3n) is 6.94. The van der Waals surface area contributed by atoms with Crippen molar-refractivity contribution in [3.8, 4) is 16.9 Å². The van der Waals surface area contributed by atoms with Gasteiger partial charge < -0.3 is 14.2 Å². The van der Waals surface area contributed by atoms with E-state index in [9.17, 15) is 0 Å². The Balaban J connectivity index is 1.97. The maximum atomic E-state index is 6.28. The van der Waals surface area contributed by atoms with E-state index in [1.165, 1.54) is 16.8 Å². The van der Waals surface area contributed by atoms with Gasteiger partial charge >= 0.3 is 0 Å². The first kappa shape index (κ1) is 26.2. The fourth-order valence-corrected chi connectivity index (χ4v) is 5.49. The van der Waals surface area contributed by atoms with E-state index in [0.717, 1.165) is 79.8 Å². The Labute approximate surface area is 221 Å². The smallest absolute Gasteiger partial charge is 0.128 e. The second-order valence-corrected chi connectivity index (χ2v) is 9.79. The van der Waals surface area contributed by atoms with E-state index < -0.39 is 0 Å². The molecule has 0 bridgehead atoms. The van der Waals surface area contributed by atoms with Gasteiger partial charge in [-0.05, 0) is 73.7 Å². The molecule has 1 saturated heterocycles. The number of halogens is 1. The molecule has 0 radical (unpaired) electrons. The molecule has 190 valence electrons. The number of pyridine rings is 1. The quantitative estimate of drug-likeness (QED) is 0.278. The molecule has 1 aromatic carbocycles. The number of ether oxygens (including phenoxy) is 1. The van der Waals surface area contributed by atoms with E-state index in [0.29, 0.717) is 5.92 Å². The molecule has 4 rings (SSSR count). The van der Waals surface area contributed by atoms with Crippen LogP contribution in [-0.4, -0.2) is 35.9 Å². The molecule has 0 spiro atoms. The van der Waals surface area contributed by atoms with Crippen LogP contribution < -0.4 is 4.90 Å². The van der Waals surface area contributed by atoms with Crippen molar-refractivity contribution in [1.82, 2.24) is 9.55 Å². The Morgan fingerprint density at radius 3 is 2.31 bits per heavy atom. The van der Waals surface area contributed by atoms with E-state index in [-0.39, 0.29) is 0 Å². The summed E-state index contributed by atoms with van der Waals surface area (Å²) in [6.07, 6.45) is 13.0. The minimum Gasteiger partial charge on any atom is -0.378 e. The van der Waals surface area contributed by atoms with Gasteiger partial charge in [0.25, 0.3) is 0 Å². The average molecular weight is 504 g/mol. The lowest BCUT2D eigenvalue weighted by Crippen LogP contribution is -2.36. The summed E-state index contributed by atoms with van der Waals surface area (Å²) in [5, 5.41) is 0.730. The van der Waals surface area contributed by atoms with Gasteiger partial charge in [0.05, 0.1) is 24.6 Å². The van der Waals surface area contributed by atoms with Gasteiger partial charge in [-0.2, -0.15) is 0 Å². The molecule has 0 unspecified atom stereocenters. The maximum Gasteiger partial charge on any atom is 0.128 e. The molecule has 0 aliphatic carbocycles. The van der Waals surface area contributed by atoms with E-state index >= 15 is 0 Å². The van der Waals surface area contributed by atoms with Crippen molar-refractivity contribution < 1.29 is 4.74 Å². The van der Waals surface area contributed by atoms with Crippen molar-refractivity contribution in [2.24, 2.45) is 0 Å². The summed E-state index contributed by atoms with van der Waals surface area (Å²) in [7, 11) is 0. The van der Waals surface area contributed by atoms with Crippen LogP contribution in [0, 0.1) is 0 Å². The third kappa shape index (κ3) is 5.45. The number of anilines is 1. The maximum absolute atomic E-state index is 6.28. The van der Waals surface area contributed by atoms with Crippen LogP contribution >= 0.6 is 11.6 Å². The first-order valence-electron chi connectivity index (χ1n) is 13.2. The number of hydrogen-bond acceptors (Lipinski definition) is 3. The first-order chi connectivity index (χ1) is 17.6. The van der Waals surface area contributed by atoms with Gasteiger partial charge in [0.2, 0.25) is 0 Å². The number of allylic oxidation sites excluding steroid dienone is 1. The number of hydrogen-bond donors (Lipinski definition) is 0. The molecule has 3 heterocycles. The predicted molar refractivity (Wildman–Crippen MR) is 154 cm³/mol. The summed E-state index contributed by atoms with van der Waals surface area (Å²) in [5.41, 5.74) is 7.14. The number of benzene rings is 1. The Morgan fingerprint density at radius 2 is 1.75 bits per heavy atom. The number of nitrogens with zero attached hydrogens (tertiary/aromatic N) is 3. The lowest BCUT2D eigenvalue weighted by atomic mass is 9.86. The van der Waals surface area contributed by atoms with Crippen LogP contribution in [-0.2, 0) is 4.74 Å². The van der Waals surface area contributed by atoms with E-state index in [2.05, 4.69) is 73.2 Å². The van der Waals surface area contributed by atoms with Gasteiger partial charge in [-0.15, -0.1) is 0 Å². The Kier molecular flexibility index (Phi) is 9.06. The van der Waals surface area contributed by atoms with Crippen molar-refractivity contribution in [3.05, 3.63) is 77.1 Å². The van der Waals surface area contributed by atoms with E-state index in [4.69, 9.17) is 21.3 Å². The van der Waals surface area contributed by atoms with Crippen molar-refractivity contribution in [1.29, 1.82) is 0 Å². The normalized spacial score (nSPS) is 14.2. The zero-order valence-corrected chi connectivity index (χ0v) is 22.6. The highest BCUT2D eigenvalue weighted by Crippen LogP contribution is 2.43. The molecule has 1 aliphatic rings. The predicted octanol–water partition coefficient (Wildman–Crippen LogP) is 8.39. The van der Waals surface area contributed by atoms with Crippen LogP contribution in [0.1, 0.15) is 69.2 Å². The van der Waals surface area contributed by atoms with Crippen LogP contribution in [0.4, 0.5) is 5.82 Å². The Morgan fingerprint density at radius 1 is 1.06 bits per heavy atom. The summed E-state index contributed by atoms with van der Waals surface area (Å²) in [6.45, 7) is 14.1. The second kappa shape index (κ2) is 12.4. The highest BCUT2D eigenvalue weighted by Gasteiger charge is 2.27. The molecular weight excluding hydrogens is 466 g/mol. The third-order valence-corrected chi connectivity index (χ3v) is 7.19. The van der Waals surface area contributed by atoms with Crippen molar-refractivity contribution in [2.45, 2.75) is 52.4 Å².